The average Bonchev–Trinajstić information content (AvgIpc) is 2.92. The first-order valence-electron chi connectivity index (χ1n) is 7.99. The molecule has 0 bridgehead atoms. The van der Waals surface area contributed by atoms with E-state index >= 15 is 0 Å². The highest BCUT2D eigenvalue weighted by atomic mass is 16.2. The molecule has 2 amide bonds. The van der Waals surface area contributed by atoms with E-state index in [1.165, 1.54) is 0 Å². The lowest BCUT2D eigenvalue weighted by atomic mass is 10.1. The van der Waals surface area contributed by atoms with Crippen molar-refractivity contribution < 1.29 is 9.59 Å². The average molecular weight is 281 g/mol. The molecule has 0 aromatic rings. The Morgan fingerprint density at radius 3 is 2.80 bits per heavy atom. The molecule has 5 nitrogen and oxygen atoms in total. The Kier molecular flexibility index (Phi) is 5.40. The van der Waals surface area contributed by atoms with Crippen molar-refractivity contribution in [2.75, 3.05) is 26.2 Å². The van der Waals surface area contributed by atoms with E-state index < -0.39 is 0 Å². The van der Waals surface area contributed by atoms with Crippen LogP contribution in [0.1, 0.15) is 46.0 Å². The van der Waals surface area contributed by atoms with Gasteiger partial charge in [0.1, 0.15) is 6.04 Å². The zero-order valence-corrected chi connectivity index (χ0v) is 12.7. The highest BCUT2D eigenvalue weighted by molar-refractivity contribution is 5.95. The summed E-state index contributed by atoms with van der Waals surface area (Å²) < 4.78 is 0. The number of hydrogen-bond acceptors (Lipinski definition) is 3. The molecule has 2 unspecified atom stereocenters. The van der Waals surface area contributed by atoms with Crippen LogP contribution in [-0.2, 0) is 9.59 Å². The summed E-state index contributed by atoms with van der Waals surface area (Å²) in [5.41, 5.74) is 0. The van der Waals surface area contributed by atoms with E-state index in [1.807, 2.05) is 0 Å². The van der Waals surface area contributed by atoms with Gasteiger partial charge in [0.25, 0.3) is 0 Å². The van der Waals surface area contributed by atoms with Gasteiger partial charge in [-0.3, -0.25) is 9.59 Å². The summed E-state index contributed by atoms with van der Waals surface area (Å²) >= 11 is 0. The minimum Gasteiger partial charge on any atom is -0.330 e. The molecule has 2 aliphatic rings. The van der Waals surface area contributed by atoms with Crippen molar-refractivity contribution in [3.63, 3.8) is 0 Å². The van der Waals surface area contributed by atoms with Gasteiger partial charge in [-0.1, -0.05) is 20.3 Å². The molecule has 114 valence electrons. The minimum atomic E-state index is -0.176. The number of hydrogen-bond donors (Lipinski definition) is 1. The summed E-state index contributed by atoms with van der Waals surface area (Å²) in [5.74, 6) is 0.277. The molecule has 0 aliphatic carbocycles. The Morgan fingerprint density at radius 2 is 2.10 bits per heavy atom. The maximum atomic E-state index is 12.5. The van der Waals surface area contributed by atoms with Crippen LogP contribution in [0.5, 0.6) is 0 Å². The third-order valence-corrected chi connectivity index (χ3v) is 4.26. The van der Waals surface area contributed by atoms with Crippen molar-refractivity contribution in [2.24, 2.45) is 0 Å². The van der Waals surface area contributed by atoms with Crippen molar-refractivity contribution in [2.45, 2.75) is 58.0 Å². The van der Waals surface area contributed by atoms with Gasteiger partial charge in [0, 0.05) is 19.1 Å². The molecular weight excluding hydrogens is 254 g/mol. The second-order valence-electron chi connectivity index (χ2n) is 5.90. The van der Waals surface area contributed by atoms with Crippen LogP contribution in [-0.4, -0.2) is 59.9 Å². The summed E-state index contributed by atoms with van der Waals surface area (Å²) in [6.45, 7) is 6.96. The lowest BCUT2D eigenvalue weighted by Crippen LogP contribution is -2.59. The normalized spacial score (nSPS) is 24.2. The van der Waals surface area contributed by atoms with Gasteiger partial charge in [0.05, 0.1) is 6.54 Å². The van der Waals surface area contributed by atoms with Gasteiger partial charge in [-0.15, -0.1) is 0 Å². The molecule has 2 heterocycles. The molecule has 1 N–H and O–H groups in total. The first-order chi connectivity index (χ1) is 9.67. The molecule has 2 saturated heterocycles. The van der Waals surface area contributed by atoms with Crippen LogP contribution >= 0.6 is 0 Å². The molecule has 0 saturated carbocycles. The van der Waals surface area contributed by atoms with E-state index in [4.69, 9.17) is 0 Å². The summed E-state index contributed by atoms with van der Waals surface area (Å²) in [6, 6.07) is 0.134. The highest BCUT2D eigenvalue weighted by Crippen LogP contribution is 2.23. The second-order valence-corrected chi connectivity index (χ2v) is 5.90. The van der Waals surface area contributed by atoms with Crippen LogP contribution in [0.2, 0.25) is 0 Å². The van der Waals surface area contributed by atoms with Crippen molar-refractivity contribution in [3.8, 4) is 0 Å². The third-order valence-electron chi connectivity index (χ3n) is 4.26. The van der Waals surface area contributed by atoms with E-state index in [0.29, 0.717) is 12.6 Å². The first kappa shape index (κ1) is 15.3. The van der Waals surface area contributed by atoms with E-state index in [1.54, 1.807) is 9.80 Å². The number of fused-ring (bicyclic) bond motifs is 1. The summed E-state index contributed by atoms with van der Waals surface area (Å²) in [5, 5.41) is 3.49. The fraction of sp³-hybridized carbons (Fsp3) is 0.867. The molecule has 0 spiro atoms. The minimum absolute atomic E-state index is 0.123. The quantitative estimate of drug-likeness (QED) is 0.757. The van der Waals surface area contributed by atoms with Crippen LogP contribution in [0.4, 0.5) is 0 Å². The van der Waals surface area contributed by atoms with Crippen molar-refractivity contribution >= 4 is 11.8 Å². The largest absolute Gasteiger partial charge is 0.330 e. The molecule has 20 heavy (non-hydrogen) atoms. The zero-order chi connectivity index (χ0) is 14.5. The molecule has 2 rings (SSSR count). The first-order valence-corrected chi connectivity index (χ1v) is 7.99. The van der Waals surface area contributed by atoms with E-state index in [9.17, 15) is 9.59 Å². The van der Waals surface area contributed by atoms with Gasteiger partial charge >= 0.3 is 0 Å². The number of piperazine rings is 1. The van der Waals surface area contributed by atoms with E-state index in [0.717, 1.165) is 45.2 Å². The Balaban J connectivity index is 1.96. The van der Waals surface area contributed by atoms with Crippen LogP contribution in [0, 0.1) is 0 Å². The molecule has 2 aliphatic heterocycles. The van der Waals surface area contributed by atoms with Gasteiger partial charge in [0.15, 0.2) is 0 Å². The number of rotatable bonds is 7. The standard InChI is InChI=1S/C15H27N3O2/c1-3-6-12(16-8-4-2)10-17-11-14(19)18-9-5-7-13(18)15(17)20/h12-13,16H,3-11H2,1-2H3. The monoisotopic (exact) mass is 281 g/mol. The molecule has 5 heteroatoms. The summed E-state index contributed by atoms with van der Waals surface area (Å²) in [7, 11) is 0. The van der Waals surface area contributed by atoms with Crippen LogP contribution in [0.3, 0.4) is 0 Å². The molecule has 2 atom stereocenters. The van der Waals surface area contributed by atoms with Gasteiger partial charge in [-0.05, 0) is 32.2 Å². The fourth-order valence-corrected chi connectivity index (χ4v) is 3.24. The number of nitrogens with one attached hydrogen (secondary N) is 1. The predicted octanol–water partition coefficient (Wildman–Crippen LogP) is 0.988. The maximum absolute atomic E-state index is 12.5. The Hall–Kier alpha value is -1.10. The third kappa shape index (κ3) is 3.32. The molecular formula is C15H27N3O2. The predicted molar refractivity (Wildman–Crippen MR) is 78.3 cm³/mol. The van der Waals surface area contributed by atoms with Crippen molar-refractivity contribution in [1.29, 1.82) is 0 Å². The Morgan fingerprint density at radius 1 is 1.30 bits per heavy atom. The molecule has 2 fully saturated rings. The van der Waals surface area contributed by atoms with Gasteiger partial charge < -0.3 is 15.1 Å². The van der Waals surface area contributed by atoms with E-state index in [-0.39, 0.29) is 24.4 Å². The Labute approximate surface area is 121 Å². The van der Waals surface area contributed by atoms with Gasteiger partial charge in [0.2, 0.25) is 11.8 Å². The van der Waals surface area contributed by atoms with Crippen LogP contribution in [0.25, 0.3) is 0 Å². The van der Waals surface area contributed by atoms with Crippen LogP contribution < -0.4 is 5.32 Å². The van der Waals surface area contributed by atoms with Gasteiger partial charge in [-0.2, -0.15) is 0 Å². The second kappa shape index (κ2) is 7.07. The van der Waals surface area contributed by atoms with E-state index in [2.05, 4.69) is 19.2 Å². The highest BCUT2D eigenvalue weighted by Gasteiger charge is 2.42. The fourth-order valence-electron chi connectivity index (χ4n) is 3.24. The lowest BCUT2D eigenvalue weighted by Gasteiger charge is -2.38. The van der Waals surface area contributed by atoms with Crippen molar-refractivity contribution in [3.05, 3.63) is 0 Å². The number of carbonyl (C=O) groups excluding carboxylic acids is 2. The van der Waals surface area contributed by atoms with Crippen molar-refractivity contribution in [1.82, 2.24) is 15.1 Å². The smallest absolute Gasteiger partial charge is 0.245 e. The number of nitrogens with zero attached hydrogens (tertiary/aromatic N) is 2. The molecule has 0 radical (unpaired) electrons. The van der Waals surface area contributed by atoms with Gasteiger partial charge in [-0.25, -0.2) is 0 Å². The van der Waals surface area contributed by atoms with Crippen LogP contribution in [0.15, 0.2) is 0 Å². The topological polar surface area (TPSA) is 52.7 Å². The summed E-state index contributed by atoms with van der Waals surface area (Å²) in [4.78, 5) is 28.1. The SMILES string of the molecule is CCCNC(CCC)CN1CC(=O)N2CCCC2C1=O. The zero-order valence-electron chi connectivity index (χ0n) is 12.7. The Bertz CT molecular complexity index is 359. The maximum Gasteiger partial charge on any atom is 0.245 e. The summed E-state index contributed by atoms with van der Waals surface area (Å²) in [6.07, 6.45) is 5.02. The number of carbonyl (C=O) groups is 2. The molecule has 0 aromatic heterocycles. The lowest BCUT2D eigenvalue weighted by molar-refractivity contribution is -0.153. The molecule has 0 aromatic carbocycles. The number of amides is 2.